The van der Waals surface area contributed by atoms with Crippen molar-refractivity contribution >= 4 is 33.3 Å². The first-order valence-electron chi connectivity index (χ1n) is 11.7. The van der Waals surface area contributed by atoms with Crippen LogP contribution in [0.15, 0.2) is 77.0 Å². The number of fused-ring (bicyclic) bond motifs is 1. The van der Waals surface area contributed by atoms with Gasteiger partial charge in [0.15, 0.2) is 5.69 Å². The van der Waals surface area contributed by atoms with Crippen molar-refractivity contribution in [2.75, 3.05) is 26.2 Å². The van der Waals surface area contributed by atoms with Crippen LogP contribution in [0.1, 0.15) is 5.69 Å². The number of hydrazine groups is 1. The van der Waals surface area contributed by atoms with Crippen molar-refractivity contribution in [2.24, 2.45) is 12.0 Å². The van der Waals surface area contributed by atoms with Crippen LogP contribution < -0.4 is 16.3 Å². The molecular weight excluding hydrogens is 573 g/mol. The van der Waals surface area contributed by atoms with E-state index >= 15 is 0 Å². The molecule has 0 saturated heterocycles. The first-order valence-corrected chi connectivity index (χ1v) is 12.5. The summed E-state index contributed by atoms with van der Waals surface area (Å²) in [6.45, 7) is 0.817. The molecule has 12 nitrogen and oxygen atoms in total. The maximum atomic E-state index is 13.6. The zero-order chi connectivity index (χ0) is 28.2. The van der Waals surface area contributed by atoms with Gasteiger partial charge in [0.1, 0.15) is 12.4 Å². The minimum Gasteiger partial charge on any atom is -0.358 e. The topological polar surface area (TPSA) is 132 Å². The molecule has 14 heteroatoms. The van der Waals surface area contributed by atoms with Crippen LogP contribution in [0.2, 0.25) is 0 Å². The van der Waals surface area contributed by atoms with Gasteiger partial charge in [0, 0.05) is 42.8 Å². The highest BCUT2D eigenvalue weighted by Crippen LogP contribution is 2.23. The Kier molecular flexibility index (Phi) is 8.16. The number of likely N-dealkylation sites (N-methyl/N-ethyl adjacent to an activating group) is 1. The molecule has 0 unspecified atom stereocenters. The molecule has 2 N–H and O–H groups in total. The van der Waals surface area contributed by atoms with Crippen LogP contribution in [-0.2, 0) is 18.4 Å². The molecule has 0 saturated carbocycles. The number of pyridine rings is 2. The van der Waals surface area contributed by atoms with Gasteiger partial charge >= 0.3 is 5.82 Å². The highest BCUT2D eigenvalue weighted by atomic mass is 79.9. The molecule has 1 amide bonds. The Balaban J connectivity index is 1.41. The van der Waals surface area contributed by atoms with E-state index in [1.54, 1.807) is 59.3 Å². The quantitative estimate of drug-likeness (QED) is 0.132. The number of carbonyl (C=O) groups is 1. The molecule has 2 aromatic rings. The lowest BCUT2D eigenvalue weighted by Gasteiger charge is -2.28. The van der Waals surface area contributed by atoms with Gasteiger partial charge in [-0.15, -0.1) is 0 Å². The van der Waals surface area contributed by atoms with Crippen LogP contribution >= 0.6 is 15.9 Å². The lowest BCUT2D eigenvalue weighted by Crippen LogP contribution is -2.40. The summed E-state index contributed by atoms with van der Waals surface area (Å²) in [4.78, 5) is 35.8. The van der Waals surface area contributed by atoms with Crippen LogP contribution in [0.5, 0.6) is 0 Å². The third-order valence-corrected chi connectivity index (χ3v) is 6.41. The van der Waals surface area contributed by atoms with Crippen molar-refractivity contribution in [2.45, 2.75) is 6.54 Å². The summed E-state index contributed by atoms with van der Waals surface area (Å²) in [6, 6.07) is 6.29. The van der Waals surface area contributed by atoms with Crippen LogP contribution in [0.3, 0.4) is 0 Å². The smallest absolute Gasteiger partial charge is 0.358 e. The summed E-state index contributed by atoms with van der Waals surface area (Å²) in [5.41, 5.74) is 8.05. The minimum absolute atomic E-state index is 0.167. The molecule has 0 bridgehead atoms. The average Bonchev–Trinajstić information content (AvgIpc) is 3.24. The van der Waals surface area contributed by atoms with Crippen molar-refractivity contribution in [3.05, 3.63) is 99.0 Å². The number of rotatable bonds is 9. The first kappa shape index (κ1) is 27.6. The number of amides is 1. The normalized spacial score (nSPS) is 12.3. The second-order valence-electron chi connectivity index (χ2n) is 9.39. The van der Waals surface area contributed by atoms with Gasteiger partial charge in [-0.05, 0) is 56.2 Å². The molecule has 1 aromatic heterocycles. The number of nitrogens with zero attached hydrogens (tertiary/aromatic N) is 7. The lowest BCUT2D eigenvalue weighted by molar-refractivity contribution is -0.898. The zero-order valence-corrected chi connectivity index (χ0v) is 23.0. The van der Waals surface area contributed by atoms with Crippen molar-refractivity contribution in [1.29, 1.82) is 0 Å². The maximum Gasteiger partial charge on any atom is 0.390 e. The molecule has 4 rings (SSSR count). The Morgan fingerprint density at radius 1 is 1.31 bits per heavy atom. The van der Waals surface area contributed by atoms with Crippen LogP contribution in [0, 0.1) is 15.9 Å². The van der Waals surface area contributed by atoms with E-state index in [1.807, 2.05) is 20.2 Å². The molecular formula is C25H26BrFN9O3+. The van der Waals surface area contributed by atoms with Crippen LogP contribution in [0.4, 0.5) is 15.9 Å². The van der Waals surface area contributed by atoms with Gasteiger partial charge in [0.25, 0.3) is 5.91 Å². The van der Waals surface area contributed by atoms with E-state index in [0.29, 0.717) is 38.8 Å². The van der Waals surface area contributed by atoms with E-state index in [-0.39, 0.29) is 17.5 Å². The molecule has 2 aliphatic heterocycles. The molecule has 0 aliphatic carbocycles. The number of hydrogen-bond donors (Lipinski definition) is 2. The fraction of sp³-hybridized carbons (Fsp3) is 0.200. The van der Waals surface area contributed by atoms with Crippen molar-refractivity contribution in [1.82, 2.24) is 24.6 Å². The summed E-state index contributed by atoms with van der Waals surface area (Å²) >= 11 is 3.17. The van der Waals surface area contributed by atoms with Gasteiger partial charge in [0.05, 0.1) is 42.4 Å². The average molecular weight is 599 g/mol. The molecule has 0 radical (unpaired) electrons. The number of halogens is 2. The number of imidazole rings is 1. The third-order valence-electron chi connectivity index (χ3n) is 5.80. The van der Waals surface area contributed by atoms with Crippen molar-refractivity contribution in [3.8, 4) is 11.1 Å². The standard InChI is InChI=1S/C25H25BrFN9O3/c1-33-16-29-25(35(38)39)23(33)15-36(2,3)10-4-5-24(37)31-32-34-9-8-17-12-28-13-22(19(17)14-34)30-18-6-7-21(27)20(26)11-18/h4-9,11-14,16H,10,15H2,1-3H3,(H-,28,30,31,32,37)/p+1/b5-4+. The SMILES string of the molecule is Cn1cnc([N+](=O)[O-])c1C[N+](C)(C)C/C=C/C(=O)NNn1ccc2cncc(=Nc3ccc(F)c(Br)c3)c-2c1. The lowest BCUT2D eigenvalue weighted by atomic mass is 10.1. The van der Waals surface area contributed by atoms with E-state index in [9.17, 15) is 19.3 Å². The number of benzene rings is 1. The number of quaternary nitrogens is 1. The van der Waals surface area contributed by atoms with E-state index in [4.69, 9.17) is 0 Å². The van der Waals surface area contributed by atoms with Gasteiger partial charge < -0.3 is 19.2 Å². The number of hydrogen-bond acceptors (Lipinski definition) is 7. The molecule has 0 spiro atoms. The summed E-state index contributed by atoms with van der Waals surface area (Å²) in [6.07, 6.45) is 11.3. The largest absolute Gasteiger partial charge is 0.390 e. The summed E-state index contributed by atoms with van der Waals surface area (Å²) < 4.78 is 17.5. The fourth-order valence-corrected chi connectivity index (χ4v) is 4.16. The number of nitrogens with one attached hydrogen (secondary N) is 2. The predicted molar refractivity (Wildman–Crippen MR) is 145 cm³/mol. The van der Waals surface area contributed by atoms with Gasteiger partial charge in [-0.1, -0.05) is 0 Å². The van der Waals surface area contributed by atoms with E-state index in [0.717, 1.165) is 11.1 Å². The first-order chi connectivity index (χ1) is 18.5. The predicted octanol–water partition coefficient (Wildman–Crippen LogP) is 3.17. The number of aryl methyl sites for hydroxylation is 1. The second-order valence-corrected chi connectivity index (χ2v) is 10.2. The summed E-state index contributed by atoms with van der Waals surface area (Å²) in [5, 5.41) is 11.8. The Morgan fingerprint density at radius 2 is 2.10 bits per heavy atom. The monoisotopic (exact) mass is 598 g/mol. The molecule has 39 heavy (non-hydrogen) atoms. The van der Waals surface area contributed by atoms with Crippen molar-refractivity contribution < 1.29 is 18.6 Å². The number of carbonyl (C=O) groups excluding carboxylic acids is 1. The minimum atomic E-state index is -0.496. The summed E-state index contributed by atoms with van der Waals surface area (Å²) in [7, 11) is 5.53. The van der Waals surface area contributed by atoms with E-state index < -0.39 is 4.92 Å². The second kappa shape index (κ2) is 11.5. The highest BCUT2D eigenvalue weighted by Gasteiger charge is 2.26. The molecule has 0 fully saturated rings. The van der Waals surface area contributed by atoms with Gasteiger partial charge in [-0.3, -0.25) is 19.9 Å². The number of aromatic nitrogens is 4. The van der Waals surface area contributed by atoms with E-state index in [2.05, 4.69) is 41.9 Å². The van der Waals surface area contributed by atoms with Gasteiger partial charge in [0.2, 0.25) is 6.33 Å². The highest BCUT2D eigenvalue weighted by molar-refractivity contribution is 9.10. The van der Waals surface area contributed by atoms with Crippen LogP contribution in [-0.4, -0.2) is 55.2 Å². The molecule has 1 aromatic carbocycles. The Labute approximate surface area is 231 Å². The maximum absolute atomic E-state index is 13.6. The molecule has 0 atom stereocenters. The molecule has 3 heterocycles. The summed E-state index contributed by atoms with van der Waals surface area (Å²) in [5.74, 6) is -0.930. The molecule has 202 valence electrons. The fourth-order valence-electron chi connectivity index (χ4n) is 3.80. The number of nitro groups is 1. The van der Waals surface area contributed by atoms with E-state index in [1.165, 1.54) is 18.5 Å². The van der Waals surface area contributed by atoms with Crippen molar-refractivity contribution in [3.63, 3.8) is 0 Å². The zero-order valence-electron chi connectivity index (χ0n) is 21.4. The Hall–Kier alpha value is -4.43. The molecule has 2 aliphatic rings. The van der Waals surface area contributed by atoms with Crippen LogP contribution in [0.25, 0.3) is 11.1 Å². The van der Waals surface area contributed by atoms with Gasteiger partial charge in [-0.2, -0.15) is 0 Å². The Bertz CT molecular complexity index is 1600. The third kappa shape index (κ3) is 6.91. The Morgan fingerprint density at radius 3 is 2.85 bits per heavy atom. The van der Waals surface area contributed by atoms with Gasteiger partial charge in [-0.25, -0.2) is 14.9 Å².